The number of hydrogen-bond donors (Lipinski definition) is 1. The van der Waals surface area contributed by atoms with E-state index >= 15 is 0 Å². The molecule has 0 bridgehead atoms. The lowest BCUT2D eigenvalue weighted by atomic mass is 10.1. The molecule has 0 aromatic heterocycles. The quantitative estimate of drug-likeness (QED) is 0.760. The maximum Gasteiger partial charge on any atom is 0.423 e. The summed E-state index contributed by atoms with van der Waals surface area (Å²) in [5, 5.41) is 2.82. The zero-order valence-electron chi connectivity index (χ0n) is 8.16. The highest BCUT2D eigenvalue weighted by atomic mass is 19.4. The molecule has 0 amide bonds. The molecule has 96 valence electrons. The fraction of sp³-hybridized carbons (Fsp3) is 1.00. The molecule has 1 rings (SSSR count). The Morgan fingerprint density at radius 2 is 1.38 bits per heavy atom. The Labute approximate surface area is 87.9 Å². The molecule has 16 heavy (non-hydrogen) atoms. The first-order chi connectivity index (χ1) is 7.21. The van der Waals surface area contributed by atoms with E-state index in [9.17, 15) is 26.3 Å². The topological polar surface area (TPSA) is 21.3 Å². The average Bonchev–Trinajstić information content (AvgIpc) is 2.12. The van der Waals surface area contributed by atoms with Crippen molar-refractivity contribution in [2.24, 2.45) is 0 Å². The van der Waals surface area contributed by atoms with E-state index in [-0.39, 0.29) is 12.8 Å². The molecule has 0 spiro atoms. The van der Waals surface area contributed by atoms with E-state index in [0.29, 0.717) is 13.1 Å². The van der Waals surface area contributed by atoms with E-state index in [4.69, 9.17) is 0 Å². The molecule has 8 heteroatoms. The molecule has 1 aliphatic heterocycles. The van der Waals surface area contributed by atoms with Gasteiger partial charge in [-0.05, 0) is 25.9 Å². The summed E-state index contributed by atoms with van der Waals surface area (Å²) in [5.74, 6) is 0. The van der Waals surface area contributed by atoms with Crippen LogP contribution in [-0.2, 0) is 4.74 Å². The lowest BCUT2D eigenvalue weighted by Gasteiger charge is -2.30. The standard InChI is InChI=1S/C8H11F6NO/c9-7(10,11)6(8(12,13)14)16-5-1-3-15-4-2-5/h5-6,15H,1-4H2. The molecule has 0 unspecified atom stereocenters. The summed E-state index contributed by atoms with van der Waals surface area (Å²) in [6.45, 7) is 0.736. The van der Waals surface area contributed by atoms with Gasteiger partial charge in [-0.3, -0.25) is 0 Å². The summed E-state index contributed by atoms with van der Waals surface area (Å²) in [6.07, 6.45) is -15.2. The van der Waals surface area contributed by atoms with Gasteiger partial charge in [-0.2, -0.15) is 26.3 Å². The summed E-state index contributed by atoms with van der Waals surface area (Å²) in [5.41, 5.74) is 0. The second-order valence-electron chi connectivity index (χ2n) is 3.55. The normalized spacial score (nSPS) is 20.4. The Balaban J connectivity index is 2.63. The molecule has 0 aromatic carbocycles. The zero-order chi connectivity index (χ0) is 12.4. The molecule has 0 radical (unpaired) electrons. The van der Waals surface area contributed by atoms with Crippen molar-refractivity contribution in [3.05, 3.63) is 0 Å². The van der Waals surface area contributed by atoms with Gasteiger partial charge in [0.15, 0.2) is 0 Å². The van der Waals surface area contributed by atoms with Crippen molar-refractivity contribution in [1.29, 1.82) is 0 Å². The van der Waals surface area contributed by atoms with Gasteiger partial charge in [-0.15, -0.1) is 0 Å². The van der Waals surface area contributed by atoms with Gasteiger partial charge in [0, 0.05) is 0 Å². The highest BCUT2D eigenvalue weighted by molar-refractivity contribution is 4.79. The van der Waals surface area contributed by atoms with Crippen LogP contribution in [0.5, 0.6) is 0 Å². The lowest BCUT2D eigenvalue weighted by Crippen LogP contribution is -2.48. The summed E-state index contributed by atoms with van der Waals surface area (Å²) in [6, 6.07) is 0. The van der Waals surface area contributed by atoms with Crippen LogP contribution in [0, 0.1) is 0 Å². The third-order valence-corrected chi connectivity index (χ3v) is 2.21. The number of rotatable bonds is 2. The second-order valence-corrected chi connectivity index (χ2v) is 3.55. The van der Waals surface area contributed by atoms with Crippen molar-refractivity contribution in [1.82, 2.24) is 5.32 Å². The van der Waals surface area contributed by atoms with Crippen LogP contribution in [0.25, 0.3) is 0 Å². The summed E-state index contributed by atoms with van der Waals surface area (Å²) < 4.78 is 76.8. The molecule has 0 saturated carbocycles. The molecule has 0 aromatic rings. The first kappa shape index (κ1) is 13.6. The van der Waals surface area contributed by atoms with Gasteiger partial charge >= 0.3 is 12.4 Å². The Hall–Kier alpha value is -0.500. The molecule has 1 fully saturated rings. The third-order valence-electron chi connectivity index (χ3n) is 2.21. The van der Waals surface area contributed by atoms with Crippen LogP contribution in [0.15, 0.2) is 0 Å². The lowest BCUT2D eigenvalue weighted by molar-refractivity contribution is -0.332. The van der Waals surface area contributed by atoms with Gasteiger partial charge in [0.05, 0.1) is 6.10 Å². The summed E-state index contributed by atoms with van der Waals surface area (Å²) in [7, 11) is 0. The average molecular weight is 251 g/mol. The zero-order valence-corrected chi connectivity index (χ0v) is 8.16. The van der Waals surface area contributed by atoms with Crippen LogP contribution in [-0.4, -0.2) is 37.7 Å². The first-order valence-corrected chi connectivity index (χ1v) is 4.71. The SMILES string of the molecule is FC(F)(F)C(OC1CCNCC1)C(F)(F)F. The van der Waals surface area contributed by atoms with E-state index in [1.165, 1.54) is 0 Å². The van der Waals surface area contributed by atoms with Crippen molar-refractivity contribution >= 4 is 0 Å². The molecule has 1 heterocycles. The monoisotopic (exact) mass is 251 g/mol. The van der Waals surface area contributed by atoms with E-state index in [1.54, 1.807) is 0 Å². The van der Waals surface area contributed by atoms with Gasteiger partial charge in [-0.25, -0.2) is 0 Å². The van der Waals surface area contributed by atoms with Gasteiger partial charge in [0.1, 0.15) is 0 Å². The third kappa shape index (κ3) is 3.82. The number of halogens is 6. The van der Waals surface area contributed by atoms with Gasteiger partial charge in [-0.1, -0.05) is 0 Å². The van der Waals surface area contributed by atoms with E-state index in [2.05, 4.69) is 10.1 Å². The van der Waals surface area contributed by atoms with Gasteiger partial charge < -0.3 is 10.1 Å². The van der Waals surface area contributed by atoms with Crippen molar-refractivity contribution in [3.63, 3.8) is 0 Å². The Morgan fingerprint density at radius 3 is 1.75 bits per heavy atom. The molecule has 0 aliphatic carbocycles. The van der Waals surface area contributed by atoms with Gasteiger partial charge in [0.25, 0.3) is 0 Å². The Kier molecular flexibility index (Phi) is 4.06. The molecule has 1 aliphatic rings. The maximum absolute atomic E-state index is 12.1. The van der Waals surface area contributed by atoms with Crippen LogP contribution >= 0.6 is 0 Å². The minimum atomic E-state index is -5.41. The highest BCUT2D eigenvalue weighted by Gasteiger charge is 2.58. The van der Waals surface area contributed by atoms with Crippen molar-refractivity contribution < 1.29 is 31.1 Å². The van der Waals surface area contributed by atoms with Crippen LogP contribution < -0.4 is 5.32 Å². The fourth-order valence-electron chi connectivity index (χ4n) is 1.46. The maximum atomic E-state index is 12.1. The predicted octanol–water partition coefficient (Wildman–Crippen LogP) is 2.25. The second kappa shape index (κ2) is 4.79. The number of ether oxygens (including phenoxy) is 1. The van der Waals surface area contributed by atoms with Gasteiger partial charge in [0.2, 0.25) is 6.10 Å². The Bertz CT molecular complexity index is 206. The number of nitrogens with one attached hydrogen (secondary N) is 1. The van der Waals surface area contributed by atoms with Crippen molar-refractivity contribution in [3.8, 4) is 0 Å². The largest absolute Gasteiger partial charge is 0.423 e. The first-order valence-electron chi connectivity index (χ1n) is 4.71. The number of alkyl halides is 6. The Morgan fingerprint density at radius 1 is 0.938 bits per heavy atom. The fourth-order valence-corrected chi connectivity index (χ4v) is 1.46. The van der Waals surface area contributed by atoms with Crippen LogP contribution in [0.2, 0.25) is 0 Å². The molecule has 1 saturated heterocycles. The highest BCUT2D eigenvalue weighted by Crippen LogP contribution is 2.37. The summed E-state index contributed by atoms with van der Waals surface area (Å²) >= 11 is 0. The smallest absolute Gasteiger partial charge is 0.358 e. The van der Waals surface area contributed by atoms with E-state index in [0.717, 1.165) is 0 Å². The minimum absolute atomic E-state index is 0.155. The van der Waals surface area contributed by atoms with E-state index < -0.39 is 24.6 Å². The molecular formula is C8H11F6NO. The van der Waals surface area contributed by atoms with E-state index in [1.807, 2.05) is 0 Å². The van der Waals surface area contributed by atoms with Crippen LogP contribution in [0.1, 0.15) is 12.8 Å². The number of piperidine rings is 1. The minimum Gasteiger partial charge on any atom is -0.358 e. The number of hydrogen-bond acceptors (Lipinski definition) is 2. The van der Waals surface area contributed by atoms with Crippen molar-refractivity contribution in [2.75, 3.05) is 13.1 Å². The predicted molar refractivity (Wildman–Crippen MR) is 42.9 cm³/mol. The van der Waals surface area contributed by atoms with Crippen molar-refractivity contribution in [2.45, 2.75) is 37.4 Å². The molecular weight excluding hydrogens is 240 g/mol. The summed E-state index contributed by atoms with van der Waals surface area (Å²) in [4.78, 5) is 0. The molecule has 0 atom stereocenters. The molecule has 2 nitrogen and oxygen atoms in total. The van der Waals surface area contributed by atoms with Crippen LogP contribution in [0.3, 0.4) is 0 Å². The molecule has 1 N–H and O–H groups in total. The van der Waals surface area contributed by atoms with Crippen LogP contribution in [0.4, 0.5) is 26.3 Å².